The van der Waals surface area contributed by atoms with E-state index >= 15 is 0 Å². The Morgan fingerprint density at radius 2 is 2.03 bits per heavy atom. The quantitative estimate of drug-likeness (QED) is 0.695. The third kappa shape index (κ3) is 2.71. The van der Waals surface area contributed by atoms with Gasteiger partial charge in [-0.2, -0.15) is 0 Å². The van der Waals surface area contributed by atoms with E-state index in [0.717, 1.165) is 6.92 Å². The van der Waals surface area contributed by atoms with E-state index in [0.29, 0.717) is 18.4 Å². The molecule has 4 aliphatic carbocycles. The van der Waals surface area contributed by atoms with E-state index < -0.39 is 65.0 Å². The second-order valence-electron chi connectivity index (χ2n) is 9.35. The van der Waals surface area contributed by atoms with Gasteiger partial charge in [0.05, 0.1) is 7.45 Å². The predicted octanol–water partition coefficient (Wildman–Crippen LogP) is 2.35. The average molecular weight is 409 g/mol. The zero-order valence-corrected chi connectivity index (χ0v) is 17.2. The first-order valence-electron chi connectivity index (χ1n) is 12.4. The molecule has 7 atom stereocenters. The van der Waals surface area contributed by atoms with E-state index in [1.807, 2.05) is 0 Å². The first kappa shape index (κ1) is 16.2. The van der Waals surface area contributed by atoms with Gasteiger partial charge < -0.3 is 14.9 Å². The van der Waals surface area contributed by atoms with E-state index in [2.05, 4.69) is 0 Å². The van der Waals surface area contributed by atoms with Crippen molar-refractivity contribution in [3.05, 3.63) is 11.6 Å². The number of hydrogen-bond donors (Lipinski definition) is 2. The standard InChI is InChI=1S/C23H32O6/c1-13(25)29-23(19(28)12-24)9-7-17-16-5-4-14-10-15(26)6-8-21(14,2)20(16)18(27)11-22(17,23)3/h10,16-18,20,24,27H,4-9,11-12H2,1-3H3/t16-,17-,18-,20+,21-,22-,23-/m0/s1/i11D2,18D,20D. The van der Waals surface area contributed by atoms with E-state index in [1.54, 1.807) is 6.92 Å². The Bertz CT molecular complexity index is 963. The van der Waals surface area contributed by atoms with Crippen LogP contribution in [-0.4, -0.2) is 46.0 Å². The summed E-state index contributed by atoms with van der Waals surface area (Å²) in [6.45, 7) is 3.26. The molecular weight excluding hydrogens is 372 g/mol. The van der Waals surface area contributed by atoms with Crippen LogP contribution in [0.25, 0.3) is 0 Å². The molecule has 4 aliphatic rings. The number of allylic oxidation sites excluding steroid dienone is 1. The van der Waals surface area contributed by atoms with Gasteiger partial charge in [-0.05, 0) is 67.7 Å². The maximum atomic E-state index is 13.1. The molecule has 4 rings (SSSR count). The maximum Gasteiger partial charge on any atom is 0.303 e. The maximum absolute atomic E-state index is 13.1. The Morgan fingerprint density at radius 1 is 1.31 bits per heavy atom. The fourth-order valence-corrected chi connectivity index (χ4v) is 6.65. The summed E-state index contributed by atoms with van der Waals surface area (Å²) in [5.41, 5.74) is -4.36. The molecule has 0 amide bonds. The number of aliphatic hydroxyl groups excluding tert-OH is 1. The monoisotopic (exact) mass is 408 g/mol. The summed E-state index contributed by atoms with van der Waals surface area (Å²) in [6.07, 6.45) is -3.03. The molecule has 3 saturated carbocycles. The highest BCUT2D eigenvalue weighted by atomic mass is 16.6. The van der Waals surface area contributed by atoms with Crippen molar-refractivity contribution in [1.29, 1.82) is 0 Å². The van der Waals surface area contributed by atoms with Gasteiger partial charge in [0.15, 0.2) is 11.4 Å². The molecule has 0 saturated heterocycles. The molecule has 160 valence electrons. The van der Waals surface area contributed by atoms with Gasteiger partial charge in [0.25, 0.3) is 0 Å². The Balaban J connectivity index is 1.99. The minimum atomic E-state index is -3.00. The summed E-state index contributed by atoms with van der Waals surface area (Å²) in [5, 5.41) is 21.5. The fourth-order valence-electron chi connectivity index (χ4n) is 6.65. The molecule has 0 radical (unpaired) electrons. The summed E-state index contributed by atoms with van der Waals surface area (Å²) < 4.78 is 42.4. The lowest BCUT2D eigenvalue weighted by Gasteiger charge is -2.60. The van der Waals surface area contributed by atoms with Gasteiger partial charge in [0.2, 0.25) is 5.78 Å². The zero-order valence-electron chi connectivity index (χ0n) is 21.2. The highest BCUT2D eigenvalue weighted by Crippen LogP contribution is 2.68. The van der Waals surface area contributed by atoms with Crippen molar-refractivity contribution in [3.63, 3.8) is 0 Å². The number of hydrogen-bond acceptors (Lipinski definition) is 6. The molecular formula is C23H32O6. The topological polar surface area (TPSA) is 101 Å². The molecule has 0 aromatic heterocycles. The minimum absolute atomic E-state index is 0.0623. The van der Waals surface area contributed by atoms with Crippen molar-refractivity contribution < 1.29 is 34.8 Å². The van der Waals surface area contributed by atoms with Crippen LogP contribution in [0, 0.1) is 28.6 Å². The van der Waals surface area contributed by atoms with Gasteiger partial charge in [0.1, 0.15) is 6.61 Å². The van der Waals surface area contributed by atoms with Crippen LogP contribution in [0.15, 0.2) is 11.6 Å². The molecule has 0 heterocycles. The van der Waals surface area contributed by atoms with Crippen molar-refractivity contribution in [2.75, 3.05) is 6.61 Å². The number of ether oxygens (including phenoxy) is 1. The van der Waals surface area contributed by atoms with Crippen LogP contribution in [0.1, 0.15) is 71.2 Å². The number of ketones is 2. The highest BCUT2D eigenvalue weighted by Gasteiger charge is 2.70. The Hall–Kier alpha value is -1.53. The summed E-state index contributed by atoms with van der Waals surface area (Å²) in [6, 6.07) is 0. The van der Waals surface area contributed by atoms with Crippen LogP contribution in [0.3, 0.4) is 0 Å². The summed E-state index contributed by atoms with van der Waals surface area (Å²) in [4.78, 5) is 37.2. The van der Waals surface area contributed by atoms with Crippen molar-refractivity contribution in [1.82, 2.24) is 0 Å². The van der Waals surface area contributed by atoms with Crippen LogP contribution in [0.4, 0.5) is 0 Å². The SMILES string of the molecule is [2H]C1([2H])[C@]([2H])(O)[C@@]2([2H])[C@@H](CCC3=CC(=O)CC[C@@]32C)[C@@H]2CC[C@](OC(C)=O)(C(=O)CO)[C@]21C. The van der Waals surface area contributed by atoms with Gasteiger partial charge in [-0.15, -0.1) is 0 Å². The van der Waals surface area contributed by atoms with Gasteiger partial charge in [-0.1, -0.05) is 19.4 Å². The Morgan fingerprint density at radius 3 is 2.69 bits per heavy atom. The first-order chi connectivity index (χ1) is 15.1. The lowest BCUT2D eigenvalue weighted by Crippen LogP contribution is -2.63. The largest absolute Gasteiger partial charge is 0.451 e. The Labute approximate surface area is 177 Å². The lowest BCUT2D eigenvalue weighted by molar-refractivity contribution is -0.200. The second-order valence-corrected chi connectivity index (χ2v) is 9.35. The number of Topliss-reactive ketones (excluding diaryl/α,β-unsaturated/α-hetero) is 1. The number of esters is 1. The molecule has 0 spiro atoms. The number of carbonyl (C=O) groups is 3. The van der Waals surface area contributed by atoms with E-state index in [4.69, 9.17) is 8.85 Å². The van der Waals surface area contributed by atoms with Crippen molar-refractivity contribution in [2.45, 2.75) is 77.4 Å². The number of fused-ring (bicyclic) bond motifs is 5. The molecule has 6 nitrogen and oxygen atoms in total. The molecule has 0 unspecified atom stereocenters. The van der Waals surface area contributed by atoms with Crippen molar-refractivity contribution >= 4 is 17.5 Å². The van der Waals surface area contributed by atoms with Gasteiger partial charge >= 0.3 is 5.97 Å². The Kier molecular flexibility index (Phi) is 3.77. The third-order valence-electron chi connectivity index (χ3n) is 8.02. The third-order valence-corrected chi connectivity index (χ3v) is 8.02. The van der Waals surface area contributed by atoms with Crippen LogP contribution in [0.5, 0.6) is 0 Å². The van der Waals surface area contributed by atoms with Gasteiger partial charge in [-0.3, -0.25) is 14.4 Å². The molecule has 3 fully saturated rings. The fraction of sp³-hybridized carbons (Fsp3) is 0.783. The second kappa shape index (κ2) is 6.74. The summed E-state index contributed by atoms with van der Waals surface area (Å²) in [7, 11) is 0. The lowest BCUT2D eigenvalue weighted by atomic mass is 9.45. The molecule has 6 heteroatoms. The minimum Gasteiger partial charge on any atom is -0.451 e. The smallest absolute Gasteiger partial charge is 0.303 e. The molecule has 29 heavy (non-hydrogen) atoms. The van der Waals surface area contributed by atoms with Crippen molar-refractivity contribution in [2.24, 2.45) is 28.6 Å². The summed E-state index contributed by atoms with van der Waals surface area (Å²) >= 11 is 0. The van der Waals surface area contributed by atoms with Crippen LogP contribution < -0.4 is 0 Å². The normalized spacial score (nSPS) is 55.1. The number of carbonyl (C=O) groups excluding carboxylic acids is 3. The first-order valence-corrected chi connectivity index (χ1v) is 10.4. The zero-order chi connectivity index (χ0) is 24.8. The van der Waals surface area contributed by atoms with E-state index in [-0.39, 0.29) is 31.5 Å². The van der Waals surface area contributed by atoms with E-state index in [9.17, 15) is 26.0 Å². The molecule has 0 bridgehead atoms. The molecule has 2 N–H and O–H groups in total. The number of rotatable bonds is 3. The van der Waals surface area contributed by atoms with Crippen LogP contribution >= 0.6 is 0 Å². The van der Waals surface area contributed by atoms with Gasteiger partial charge in [-0.25, -0.2) is 0 Å². The van der Waals surface area contributed by atoms with Crippen molar-refractivity contribution in [3.8, 4) is 0 Å². The van der Waals surface area contributed by atoms with Gasteiger partial charge in [0, 0.05) is 22.9 Å². The number of aliphatic hydroxyl groups is 2. The highest BCUT2D eigenvalue weighted by molar-refractivity contribution is 5.92. The summed E-state index contributed by atoms with van der Waals surface area (Å²) in [5.74, 6) is -5.13. The van der Waals surface area contributed by atoms with Crippen LogP contribution in [-0.2, 0) is 19.1 Å². The molecule has 0 aromatic rings. The predicted molar refractivity (Wildman–Crippen MR) is 105 cm³/mol. The van der Waals surface area contributed by atoms with E-state index in [1.165, 1.54) is 13.0 Å². The van der Waals surface area contributed by atoms with Crippen LogP contribution in [0.2, 0.25) is 0 Å². The molecule has 0 aliphatic heterocycles. The average Bonchev–Trinajstić information content (AvgIpc) is 3.02. The molecule has 0 aromatic carbocycles.